The van der Waals surface area contributed by atoms with Crippen molar-refractivity contribution in [2.75, 3.05) is 27.3 Å². The molecule has 2 heterocycles. The van der Waals surface area contributed by atoms with Crippen molar-refractivity contribution in [1.29, 1.82) is 0 Å². The number of nitrogens with zero attached hydrogens (tertiary/aromatic N) is 2. The third kappa shape index (κ3) is 12.2. The standard InChI is InChI=1S/C13H15N3O2.C11H16O4S.C2H6.H2/c1-2-14-6-7-16-13(17)11-8-10-4-3-5-15-9-12(10)18-11;1-5-8-16(12,13)11(6-7-14-3)9-10(2)15-4;1-2;/h2-3,5,8-9H,4,6-7H2,1H3,(H,16,17);5-9H,2H2,1,3-4H3;1-2H3;1H/b;7-6+,8-5+,11-9+;;. The Morgan fingerprint density at radius 2 is 2.06 bits per heavy atom. The average molecular weight is 522 g/mol. The zero-order valence-corrected chi connectivity index (χ0v) is 22.7. The van der Waals surface area contributed by atoms with E-state index in [9.17, 15) is 13.2 Å². The van der Waals surface area contributed by atoms with Crippen molar-refractivity contribution in [2.24, 2.45) is 9.98 Å². The van der Waals surface area contributed by atoms with Gasteiger partial charge in [0, 0.05) is 25.1 Å². The van der Waals surface area contributed by atoms with Crippen molar-refractivity contribution in [3.8, 4) is 0 Å². The summed E-state index contributed by atoms with van der Waals surface area (Å²) in [6, 6.07) is 1.76. The van der Waals surface area contributed by atoms with E-state index in [1.54, 1.807) is 31.6 Å². The normalized spacial score (nSPS) is 12.9. The van der Waals surface area contributed by atoms with Gasteiger partial charge in [-0.05, 0) is 44.7 Å². The second-order valence-corrected chi connectivity index (χ2v) is 8.39. The summed E-state index contributed by atoms with van der Waals surface area (Å²) in [7, 11) is -0.629. The highest BCUT2D eigenvalue weighted by Gasteiger charge is 2.15. The Bertz CT molecular complexity index is 1110. The predicted octanol–water partition coefficient (Wildman–Crippen LogP) is 5.00. The number of hydrogen-bond acceptors (Lipinski definition) is 8. The smallest absolute Gasteiger partial charge is 0.287 e. The Morgan fingerprint density at radius 1 is 1.33 bits per heavy atom. The van der Waals surface area contributed by atoms with Crippen LogP contribution in [0.3, 0.4) is 0 Å². The summed E-state index contributed by atoms with van der Waals surface area (Å²) in [4.78, 5) is 19.9. The quantitative estimate of drug-likeness (QED) is 0.200. The zero-order chi connectivity index (χ0) is 27.4. The Kier molecular flexibility index (Phi) is 16.7. The van der Waals surface area contributed by atoms with Crippen LogP contribution in [0.1, 0.15) is 51.0 Å². The van der Waals surface area contributed by atoms with E-state index < -0.39 is 9.84 Å². The number of sulfone groups is 1. The van der Waals surface area contributed by atoms with E-state index in [1.807, 2.05) is 26.8 Å². The summed E-state index contributed by atoms with van der Waals surface area (Å²) in [5, 5.41) is 3.85. The van der Waals surface area contributed by atoms with Crippen molar-refractivity contribution in [1.82, 2.24) is 5.32 Å². The van der Waals surface area contributed by atoms with Gasteiger partial charge >= 0.3 is 0 Å². The molecule has 200 valence electrons. The minimum Gasteiger partial charge on any atom is -0.504 e. The van der Waals surface area contributed by atoms with E-state index in [0.717, 1.165) is 17.4 Å². The minimum absolute atomic E-state index is 0. The fraction of sp³-hybridized carbons (Fsp3) is 0.346. The Hall–Kier alpha value is -3.66. The van der Waals surface area contributed by atoms with Crippen LogP contribution in [0, 0.1) is 0 Å². The van der Waals surface area contributed by atoms with Crippen molar-refractivity contribution in [3.05, 3.63) is 82.6 Å². The van der Waals surface area contributed by atoms with Gasteiger partial charge in [-0.25, -0.2) is 8.42 Å². The Morgan fingerprint density at radius 3 is 2.67 bits per heavy atom. The number of ether oxygens (including phenoxy) is 2. The van der Waals surface area contributed by atoms with Gasteiger partial charge in [0.2, 0.25) is 0 Å². The number of fused-ring (bicyclic) bond motifs is 1. The lowest BCUT2D eigenvalue weighted by Gasteiger charge is -2.02. The van der Waals surface area contributed by atoms with Crippen LogP contribution in [0.15, 0.2) is 79.9 Å². The van der Waals surface area contributed by atoms with Crippen molar-refractivity contribution in [3.63, 3.8) is 0 Å². The summed E-state index contributed by atoms with van der Waals surface area (Å²) in [6.07, 6.45) is 13.1. The average Bonchev–Trinajstić information content (AvgIpc) is 3.16. The highest BCUT2D eigenvalue weighted by Crippen LogP contribution is 2.17. The SMILES string of the molecule is C=C(/C=C(\C=C\OC)S(=O)(=O)/C=C/C)OC.CC.CC=NCCNC(=O)c1cc2c(o1)C=NC=CC2.[HH]. The fourth-order valence-electron chi connectivity index (χ4n) is 2.46. The monoisotopic (exact) mass is 521 g/mol. The highest BCUT2D eigenvalue weighted by molar-refractivity contribution is 7.98. The summed E-state index contributed by atoms with van der Waals surface area (Å²) in [5.41, 5.74) is 0.976. The molecule has 0 unspecified atom stereocenters. The maximum atomic E-state index is 11.8. The van der Waals surface area contributed by atoms with E-state index in [4.69, 9.17) is 9.15 Å². The molecule has 2 rings (SSSR count). The molecule has 0 bridgehead atoms. The lowest BCUT2D eigenvalue weighted by molar-refractivity contribution is 0.0927. The van der Waals surface area contributed by atoms with Gasteiger partial charge in [-0.1, -0.05) is 32.6 Å². The lowest BCUT2D eigenvalue weighted by Crippen LogP contribution is -2.25. The largest absolute Gasteiger partial charge is 0.504 e. The topological polar surface area (TPSA) is 120 Å². The van der Waals surface area contributed by atoms with Crippen molar-refractivity contribution < 1.29 is 28.5 Å². The first-order valence-electron chi connectivity index (χ1n) is 11.3. The molecule has 0 radical (unpaired) electrons. The van der Waals surface area contributed by atoms with E-state index in [1.165, 1.54) is 38.7 Å². The molecule has 1 aliphatic heterocycles. The van der Waals surface area contributed by atoms with E-state index in [-0.39, 0.29) is 18.0 Å². The fourth-order valence-corrected chi connectivity index (χ4v) is 3.52. The number of aliphatic imine (C=N–C) groups is 2. The van der Waals surface area contributed by atoms with Gasteiger partial charge in [-0.3, -0.25) is 14.8 Å². The third-order valence-corrected chi connectivity index (χ3v) is 5.61. The predicted molar refractivity (Wildman–Crippen MR) is 148 cm³/mol. The molecule has 0 aromatic carbocycles. The Balaban J connectivity index is 0. The first-order chi connectivity index (χ1) is 17.3. The molecule has 0 spiro atoms. The molecule has 10 heteroatoms. The number of carbonyl (C=O) groups is 1. The number of hydrogen-bond donors (Lipinski definition) is 1. The lowest BCUT2D eigenvalue weighted by atomic mass is 10.2. The minimum atomic E-state index is -3.48. The van der Waals surface area contributed by atoms with Crippen LogP contribution in [0.25, 0.3) is 0 Å². The summed E-state index contributed by atoms with van der Waals surface area (Å²) in [5.74, 6) is 1.01. The van der Waals surface area contributed by atoms with Gasteiger partial charge in [0.1, 0.15) is 11.5 Å². The van der Waals surface area contributed by atoms with Gasteiger partial charge in [-0.15, -0.1) is 0 Å². The molecular formula is C26H39N3O6S. The first kappa shape index (κ1) is 32.3. The molecule has 36 heavy (non-hydrogen) atoms. The molecular weight excluding hydrogens is 482 g/mol. The molecule has 1 aliphatic rings. The molecule has 0 saturated carbocycles. The second-order valence-electron chi connectivity index (χ2n) is 6.56. The summed E-state index contributed by atoms with van der Waals surface area (Å²) in [6.45, 7) is 12.1. The summed E-state index contributed by atoms with van der Waals surface area (Å²) >= 11 is 0. The van der Waals surface area contributed by atoms with E-state index >= 15 is 0 Å². The highest BCUT2D eigenvalue weighted by atomic mass is 32.2. The molecule has 0 atom stereocenters. The van der Waals surface area contributed by atoms with Crippen LogP contribution < -0.4 is 5.32 Å². The molecule has 0 aliphatic carbocycles. The molecule has 1 aromatic rings. The number of nitrogens with one attached hydrogen (secondary N) is 1. The maximum absolute atomic E-state index is 11.8. The third-order valence-electron chi connectivity index (χ3n) is 4.07. The molecule has 0 saturated heterocycles. The number of methoxy groups -OCH3 is 2. The molecule has 1 aromatic heterocycles. The van der Waals surface area contributed by atoms with Crippen LogP contribution in [0.4, 0.5) is 0 Å². The number of carbonyl (C=O) groups excluding carboxylic acids is 1. The molecule has 0 fully saturated rings. The van der Waals surface area contributed by atoms with Gasteiger partial charge in [0.05, 0.1) is 38.1 Å². The van der Waals surface area contributed by atoms with Crippen LogP contribution in [0.5, 0.6) is 0 Å². The molecule has 9 nitrogen and oxygen atoms in total. The molecule has 1 N–H and O–H groups in total. The van der Waals surface area contributed by atoms with E-state index in [0.29, 0.717) is 24.6 Å². The van der Waals surface area contributed by atoms with Gasteiger partial charge in [0.25, 0.3) is 5.91 Å². The van der Waals surface area contributed by atoms with Gasteiger partial charge in [0.15, 0.2) is 15.6 Å². The Labute approximate surface area is 216 Å². The second kappa shape index (κ2) is 18.6. The molecule has 1 amide bonds. The number of rotatable bonds is 10. The number of amides is 1. The van der Waals surface area contributed by atoms with E-state index in [2.05, 4.69) is 26.6 Å². The first-order valence-corrected chi connectivity index (χ1v) is 12.9. The number of furan rings is 1. The van der Waals surface area contributed by atoms with Crippen LogP contribution in [-0.4, -0.2) is 54.1 Å². The zero-order valence-electron chi connectivity index (χ0n) is 21.9. The van der Waals surface area contributed by atoms with Crippen molar-refractivity contribution in [2.45, 2.75) is 34.1 Å². The number of allylic oxidation sites excluding steroid dienone is 4. The van der Waals surface area contributed by atoms with Gasteiger partial charge in [-0.2, -0.15) is 0 Å². The summed E-state index contributed by atoms with van der Waals surface area (Å²) < 4.78 is 38.4. The van der Waals surface area contributed by atoms with Crippen molar-refractivity contribution >= 4 is 28.2 Å². The van der Waals surface area contributed by atoms with Crippen LogP contribution >= 0.6 is 0 Å². The maximum Gasteiger partial charge on any atom is 0.287 e. The van der Waals surface area contributed by atoms with Gasteiger partial charge < -0.3 is 19.2 Å². The van der Waals surface area contributed by atoms with Crippen LogP contribution in [-0.2, 0) is 25.7 Å². The van der Waals surface area contributed by atoms with Crippen LogP contribution in [0.2, 0.25) is 0 Å².